The molecule has 0 amide bonds. The second-order valence-corrected chi connectivity index (χ2v) is 6.77. The van der Waals surface area contributed by atoms with Gasteiger partial charge in [-0.1, -0.05) is 15.9 Å². The van der Waals surface area contributed by atoms with E-state index in [9.17, 15) is 8.42 Å². The van der Waals surface area contributed by atoms with Crippen molar-refractivity contribution < 1.29 is 18.3 Å². The average Bonchev–Trinajstić information content (AvgIpc) is 2.32. The predicted molar refractivity (Wildman–Crippen MR) is 76.6 cm³/mol. The molecule has 0 bridgehead atoms. The van der Waals surface area contributed by atoms with E-state index in [1.165, 1.54) is 13.2 Å². The fraction of sp³-hybridized carbons (Fsp3) is 0.500. The molecule has 19 heavy (non-hydrogen) atoms. The second kappa shape index (κ2) is 7.35. The van der Waals surface area contributed by atoms with Gasteiger partial charge in [0.15, 0.2) is 0 Å². The lowest BCUT2D eigenvalue weighted by molar-refractivity contribution is 0.158. The molecule has 0 aromatic heterocycles. The molecule has 1 atom stereocenters. The zero-order valence-electron chi connectivity index (χ0n) is 10.9. The predicted octanol–water partition coefficient (Wildman–Crippen LogP) is 1.43. The second-order valence-electron chi connectivity index (χ2n) is 4.20. The maximum absolute atomic E-state index is 12.2. The van der Waals surface area contributed by atoms with E-state index in [2.05, 4.69) is 20.7 Å². The number of sulfonamides is 1. The molecule has 0 aliphatic rings. The summed E-state index contributed by atoms with van der Waals surface area (Å²) < 4.78 is 32.7. The Bertz CT molecular complexity index is 512. The van der Waals surface area contributed by atoms with E-state index in [4.69, 9.17) is 9.84 Å². The molecule has 0 fully saturated rings. The quantitative estimate of drug-likeness (QED) is 0.779. The Morgan fingerprint density at radius 3 is 2.68 bits per heavy atom. The van der Waals surface area contributed by atoms with Gasteiger partial charge in [0.1, 0.15) is 0 Å². The number of hydrogen-bond acceptors (Lipinski definition) is 4. The first-order valence-electron chi connectivity index (χ1n) is 5.79. The topological polar surface area (TPSA) is 75.6 Å². The summed E-state index contributed by atoms with van der Waals surface area (Å²) in [6.07, 6.45) is 0.308. The van der Waals surface area contributed by atoms with E-state index < -0.39 is 16.1 Å². The summed E-state index contributed by atoms with van der Waals surface area (Å²) in [5.74, 6) is 0. The molecule has 5 nitrogen and oxygen atoms in total. The van der Waals surface area contributed by atoms with Crippen molar-refractivity contribution in [2.45, 2.75) is 24.3 Å². The molecule has 0 radical (unpaired) electrons. The molecule has 1 rings (SSSR count). The van der Waals surface area contributed by atoms with E-state index in [-0.39, 0.29) is 18.1 Å². The Hall–Kier alpha value is -0.470. The molecule has 0 aliphatic heterocycles. The molecule has 0 saturated heterocycles. The zero-order chi connectivity index (χ0) is 14.5. The van der Waals surface area contributed by atoms with Crippen LogP contribution < -0.4 is 4.72 Å². The van der Waals surface area contributed by atoms with Gasteiger partial charge in [-0.2, -0.15) is 0 Å². The summed E-state index contributed by atoms with van der Waals surface area (Å²) >= 11 is 3.33. The zero-order valence-corrected chi connectivity index (χ0v) is 13.3. The van der Waals surface area contributed by atoms with Crippen molar-refractivity contribution in [2.24, 2.45) is 0 Å². The number of aliphatic hydroxyl groups excluding tert-OH is 1. The van der Waals surface area contributed by atoms with Crippen LogP contribution in [0.3, 0.4) is 0 Å². The number of rotatable bonds is 7. The average molecular weight is 352 g/mol. The lowest BCUT2D eigenvalue weighted by atomic mass is 10.2. The van der Waals surface area contributed by atoms with Gasteiger partial charge in [0.2, 0.25) is 10.0 Å². The van der Waals surface area contributed by atoms with Crippen molar-refractivity contribution in [3.05, 3.63) is 28.2 Å². The lowest BCUT2D eigenvalue weighted by Crippen LogP contribution is -2.38. The van der Waals surface area contributed by atoms with Gasteiger partial charge in [-0.15, -0.1) is 0 Å². The first-order chi connectivity index (χ1) is 8.90. The highest BCUT2D eigenvalue weighted by Gasteiger charge is 2.20. The Labute approximate surface area is 122 Å². The molecule has 1 aromatic carbocycles. The van der Waals surface area contributed by atoms with Crippen LogP contribution in [0.4, 0.5) is 0 Å². The van der Waals surface area contributed by atoms with Crippen LogP contribution in [0, 0.1) is 6.92 Å². The highest BCUT2D eigenvalue weighted by Crippen LogP contribution is 2.20. The minimum absolute atomic E-state index is 0.101. The molecular formula is C12H18BrNO4S. The molecule has 1 unspecified atom stereocenters. The Balaban J connectivity index is 2.92. The highest BCUT2D eigenvalue weighted by atomic mass is 79.9. The third kappa shape index (κ3) is 4.85. The minimum Gasteiger partial charge on any atom is -0.396 e. The van der Waals surface area contributed by atoms with Gasteiger partial charge in [-0.25, -0.2) is 13.1 Å². The Morgan fingerprint density at radius 1 is 1.47 bits per heavy atom. The minimum atomic E-state index is -3.61. The smallest absolute Gasteiger partial charge is 0.240 e. The standard InChI is InChI=1S/C12H18BrNO4S/c1-9-7-11(3-4-12(9)13)19(16,17)14-10(5-6-15)8-18-2/h3-4,7,10,14-15H,5-6,8H2,1-2H3. The summed E-state index contributed by atoms with van der Waals surface area (Å²) in [6, 6.07) is 4.38. The van der Waals surface area contributed by atoms with Crippen LogP contribution >= 0.6 is 15.9 Å². The molecule has 0 aliphatic carbocycles. The summed E-state index contributed by atoms with van der Waals surface area (Å²) in [5, 5.41) is 8.91. The monoisotopic (exact) mass is 351 g/mol. The third-order valence-corrected chi connectivity index (χ3v) is 5.01. The van der Waals surface area contributed by atoms with Crippen molar-refractivity contribution in [3.8, 4) is 0 Å². The first kappa shape index (κ1) is 16.6. The molecule has 1 aromatic rings. The lowest BCUT2D eigenvalue weighted by Gasteiger charge is -2.17. The molecule has 0 spiro atoms. The number of nitrogens with one attached hydrogen (secondary N) is 1. The highest BCUT2D eigenvalue weighted by molar-refractivity contribution is 9.10. The van der Waals surface area contributed by atoms with E-state index in [0.29, 0.717) is 6.42 Å². The molecule has 2 N–H and O–H groups in total. The molecule has 108 valence electrons. The molecule has 0 saturated carbocycles. The number of aliphatic hydroxyl groups is 1. The van der Waals surface area contributed by atoms with Crippen molar-refractivity contribution in [3.63, 3.8) is 0 Å². The number of methoxy groups -OCH3 is 1. The Kier molecular flexibility index (Phi) is 6.41. The molecular weight excluding hydrogens is 334 g/mol. The van der Waals surface area contributed by atoms with E-state index >= 15 is 0 Å². The fourth-order valence-corrected chi connectivity index (χ4v) is 3.19. The number of aryl methyl sites for hydroxylation is 1. The van der Waals surface area contributed by atoms with Gasteiger partial charge in [-0.05, 0) is 37.1 Å². The normalized spacial score (nSPS) is 13.5. The fourth-order valence-electron chi connectivity index (χ4n) is 1.61. The van der Waals surface area contributed by atoms with Crippen LogP contribution in [-0.2, 0) is 14.8 Å². The van der Waals surface area contributed by atoms with Crippen LogP contribution in [0.1, 0.15) is 12.0 Å². The van der Waals surface area contributed by atoms with Crippen LogP contribution in [0.5, 0.6) is 0 Å². The molecule has 0 heterocycles. The van der Waals surface area contributed by atoms with E-state index in [1.54, 1.807) is 12.1 Å². The van der Waals surface area contributed by atoms with Crippen LogP contribution in [0.15, 0.2) is 27.6 Å². The van der Waals surface area contributed by atoms with Gasteiger partial charge in [0.05, 0.1) is 11.5 Å². The number of benzene rings is 1. The maximum Gasteiger partial charge on any atom is 0.240 e. The van der Waals surface area contributed by atoms with Crippen LogP contribution in [0.25, 0.3) is 0 Å². The maximum atomic E-state index is 12.2. The van der Waals surface area contributed by atoms with Crippen LogP contribution in [-0.4, -0.2) is 39.9 Å². The van der Waals surface area contributed by atoms with E-state index in [0.717, 1.165) is 10.0 Å². The summed E-state index contributed by atoms with van der Waals surface area (Å²) in [6.45, 7) is 1.94. The van der Waals surface area contributed by atoms with Crippen molar-refractivity contribution in [2.75, 3.05) is 20.3 Å². The summed E-state index contributed by atoms with van der Waals surface area (Å²) in [4.78, 5) is 0.201. The number of hydrogen-bond donors (Lipinski definition) is 2. The van der Waals surface area contributed by atoms with Gasteiger partial charge in [-0.3, -0.25) is 0 Å². The third-order valence-electron chi connectivity index (χ3n) is 2.61. The summed E-state index contributed by atoms with van der Waals surface area (Å²) in [7, 11) is -2.12. The van der Waals surface area contributed by atoms with Gasteiger partial charge in [0, 0.05) is 24.2 Å². The van der Waals surface area contributed by atoms with Gasteiger partial charge < -0.3 is 9.84 Å². The van der Waals surface area contributed by atoms with E-state index in [1.807, 2.05) is 6.92 Å². The number of halogens is 1. The Morgan fingerprint density at radius 2 is 2.16 bits per heavy atom. The van der Waals surface area contributed by atoms with Gasteiger partial charge in [0.25, 0.3) is 0 Å². The van der Waals surface area contributed by atoms with Crippen LogP contribution in [0.2, 0.25) is 0 Å². The number of ether oxygens (including phenoxy) is 1. The first-order valence-corrected chi connectivity index (χ1v) is 8.06. The van der Waals surface area contributed by atoms with Crippen molar-refractivity contribution >= 4 is 26.0 Å². The van der Waals surface area contributed by atoms with Crippen molar-refractivity contribution in [1.82, 2.24) is 4.72 Å². The summed E-state index contributed by atoms with van der Waals surface area (Å²) in [5.41, 5.74) is 0.841. The largest absolute Gasteiger partial charge is 0.396 e. The van der Waals surface area contributed by atoms with Gasteiger partial charge >= 0.3 is 0 Å². The SMILES string of the molecule is COCC(CCO)NS(=O)(=O)c1ccc(Br)c(C)c1. The molecule has 7 heteroatoms. The van der Waals surface area contributed by atoms with Crippen molar-refractivity contribution in [1.29, 1.82) is 0 Å².